The molecular formula is C9H14N2O. The van der Waals surface area contributed by atoms with Gasteiger partial charge in [0.1, 0.15) is 0 Å². The number of likely N-dealkylation sites (N-methyl/N-ethyl adjacent to an activating group) is 1. The van der Waals surface area contributed by atoms with Gasteiger partial charge < -0.3 is 10.4 Å². The number of hydrogen-bond donors (Lipinski definition) is 2. The van der Waals surface area contributed by atoms with Gasteiger partial charge in [0, 0.05) is 24.9 Å². The van der Waals surface area contributed by atoms with E-state index in [0.29, 0.717) is 13.0 Å². The molecule has 12 heavy (non-hydrogen) atoms. The summed E-state index contributed by atoms with van der Waals surface area (Å²) in [6.07, 6.45) is 2.01. The summed E-state index contributed by atoms with van der Waals surface area (Å²) in [5.74, 6) is 0. The molecule has 3 nitrogen and oxygen atoms in total. The number of aromatic nitrogens is 1. The van der Waals surface area contributed by atoms with Gasteiger partial charge in [0.05, 0.1) is 6.10 Å². The maximum absolute atomic E-state index is 9.40. The maximum Gasteiger partial charge on any atom is 0.0719 e. The fraction of sp³-hybridized carbons (Fsp3) is 0.444. The second kappa shape index (κ2) is 4.85. The summed E-state index contributed by atoms with van der Waals surface area (Å²) in [4.78, 5) is 4.11. The van der Waals surface area contributed by atoms with E-state index in [2.05, 4.69) is 10.3 Å². The average molecular weight is 166 g/mol. The van der Waals surface area contributed by atoms with Crippen molar-refractivity contribution in [2.24, 2.45) is 0 Å². The monoisotopic (exact) mass is 166 g/mol. The summed E-state index contributed by atoms with van der Waals surface area (Å²) in [7, 11) is 1.82. The standard InChI is InChI=1S/C9H14N2O/c1-10-7-9(12)6-8-4-2-3-5-11-8/h2-5,9-10,12H,6-7H2,1H3. The molecule has 0 saturated heterocycles. The lowest BCUT2D eigenvalue weighted by Gasteiger charge is -2.08. The van der Waals surface area contributed by atoms with Crippen molar-refractivity contribution >= 4 is 0 Å². The second-order valence-corrected chi connectivity index (χ2v) is 2.74. The Labute approximate surface area is 72.5 Å². The van der Waals surface area contributed by atoms with Crippen LogP contribution in [0.3, 0.4) is 0 Å². The van der Waals surface area contributed by atoms with Gasteiger partial charge in [0.25, 0.3) is 0 Å². The number of aliphatic hydroxyl groups is 1. The Balaban J connectivity index is 2.41. The SMILES string of the molecule is CNCC(O)Cc1ccccn1. The Morgan fingerprint density at radius 1 is 1.58 bits per heavy atom. The molecule has 0 bridgehead atoms. The maximum atomic E-state index is 9.40. The summed E-state index contributed by atoms with van der Waals surface area (Å²) in [5.41, 5.74) is 0.931. The smallest absolute Gasteiger partial charge is 0.0719 e. The Hall–Kier alpha value is -0.930. The highest BCUT2D eigenvalue weighted by atomic mass is 16.3. The Morgan fingerprint density at radius 3 is 3.00 bits per heavy atom. The van der Waals surface area contributed by atoms with Gasteiger partial charge in [-0.15, -0.1) is 0 Å². The molecule has 0 amide bonds. The van der Waals surface area contributed by atoms with Crippen LogP contribution in [0.5, 0.6) is 0 Å². The largest absolute Gasteiger partial charge is 0.391 e. The molecule has 66 valence electrons. The van der Waals surface area contributed by atoms with Crippen LogP contribution < -0.4 is 5.32 Å². The summed E-state index contributed by atoms with van der Waals surface area (Å²) in [5, 5.41) is 12.3. The molecule has 0 radical (unpaired) electrons. The van der Waals surface area contributed by atoms with Crippen LogP contribution in [0, 0.1) is 0 Å². The molecule has 0 aromatic carbocycles. The molecule has 3 heteroatoms. The van der Waals surface area contributed by atoms with E-state index in [0.717, 1.165) is 5.69 Å². The van der Waals surface area contributed by atoms with Crippen molar-refractivity contribution in [1.29, 1.82) is 0 Å². The van der Waals surface area contributed by atoms with Crippen molar-refractivity contribution in [3.05, 3.63) is 30.1 Å². The highest BCUT2D eigenvalue weighted by Crippen LogP contribution is 1.97. The molecule has 1 rings (SSSR count). The van der Waals surface area contributed by atoms with Crippen molar-refractivity contribution in [3.8, 4) is 0 Å². The summed E-state index contributed by atoms with van der Waals surface area (Å²) < 4.78 is 0. The van der Waals surface area contributed by atoms with Crippen molar-refractivity contribution < 1.29 is 5.11 Å². The van der Waals surface area contributed by atoms with Crippen LogP contribution in [0.4, 0.5) is 0 Å². The topological polar surface area (TPSA) is 45.1 Å². The number of nitrogens with zero attached hydrogens (tertiary/aromatic N) is 1. The minimum absolute atomic E-state index is 0.343. The molecular weight excluding hydrogens is 152 g/mol. The number of rotatable bonds is 4. The minimum atomic E-state index is -0.343. The first-order valence-corrected chi connectivity index (χ1v) is 4.05. The van der Waals surface area contributed by atoms with E-state index in [1.54, 1.807) is 6.20 Å². The normalized spacial score (nSPS) is 12.8. The molecule has 1 aromatic heterocycles. The van der Waals surface area contributed by atoms with Crippen molar-refractivity contribution in [2.75, 3.05) is 13.6 Å². The van der Waals surface area contributed by atoms with E-state index in [9.17, 15) is 5.11 Å². The van der Waals surface area contributed by atoms with Crippen LogP contribution in [0.15, 0.2) is 24.4 Å². The van der Waals surface area contributed by atoms with Crippen LogP contribution >= 0.6 is 0 Å². The van der Waals surface area contributed by atoms with Crippen LogP contribution in [-0.2, 0) is 6.42 Å². The van der Waals surface area contributed by atoms with Crippen molar-refractivity contribution in [2.45, 2.75) is 12.5 Å². The predicted molar refractivity (Wildman–Crippen MR) is 47.9 cm³/mol. The lowest BCUT2D eigenvalue weighted by Crippen LogP contribution is -2.25. The lowest BCUT2D eigenvalue weighted by atomic mass is 10.2. The van der Waals surface area contributed by atoms with E-state index in [1.165, 1.54) is 0 Å². The Bertz CT molecular complexity index is 213. The van der Waals surface area contributed by atoms with Crippen LogP contribution in [0.1, 0.15) is 5.69 Å². The highest BCUT2D eigenvalue weighted by Gasteiger charge is 2.03. The van der Waals surface area contributed by atoms with Gasteiger partial charge in [0.2, 0.25) is 0 Å². The zero-order valence-corrected chi connectivity index (χ0v) is 7.20. The first-order chi connectivity index (χ1) is 5.83. The van der Waals surface area contributed by atoms with E-state index in [1.807, 2.05) is 25.2 Å². The molecule has 0 aliphatic rings. The minimum Gasteiger partial charge on any atom is -0.391 e. The first-order valence-electron chi connectivity index (χ1n) is 4.05. The van der Waals surface area contributed by atoms with Crippen molar-refractivity contribution in [3.63, 3.8) is 0 Å². The van der Waals surface area contributed by atoms with Gasteiger partial charge in [-0.1, -0.05) is 6.07 Å². The fourth-order valence-corrected chi connectivity index (χ4v) is 1.07. The molecule has 2 N–H and O–H groups in total. The van der Waals surface area contributed by atoms with Gasteiger partial charge in [-0.25, -0.2) is 0 Å². The molecule has 1 unspecified atom stereocenters. The van der Waals surface area contributed by atoms with Gasteiger partial charge in [-0.3, -0.25) is 4.98 Å². The van der Waals surface area contributed by atoms with Gasteiger partial charge in [0.15, 0.2) is 0 Å². The number of aliphatic hydroxyl groups excluding tert-OH is 1. The zero-order valence-electron chi connectivity index (χ0n) is 7.20. The third-order valence-electron chi connectivity index (χ3n) is 1.61. The quantitative estimate of drug-likeness (QED) is 0.672. The summed E-state index contributed by atoms with van der Waals surface area (Å²) >= 11 is 0. The van der Waals surface area contributed by atoms with Gasteiger partial charge in [-0.2, -0.15) is 0 Å². The van der Waals surface area contributed by atoms with Crippen LogP contribution in [-0.4, -0.2) is 29.8 Å². The molecule has 0 aliphatic carbocycles. The third-order valence-corrected chi connectivity index (χ3v) is 1.61. The number of pyridine rings is 1. The molecule has 1 aromatic rings. The first kappa shape index (κ1) is 9.16. The van der Waals surface area contributed by atoms with E-state index < -0.39 is 0 Å². The summed E-state index contributed by atoms with van der Waals surface area (Å²) in [6.45, 7) is 0.608. The molecule has 1 atom stereocenters. The third kappa shape index (κ3) is 2.98. The van der Waals surface area contributed by atoms with Crippen LogP contribution in [0.25, 0.3) is 0 Å². The second-order valence-electron chi connectivity index (χ2n) is 2.74. The van der Waals surface area contributed by atoms with E-state index >= 15 is 0 Å². The Morgan fingerprint density at radius 2 is 2.42 bits per heavy atom. The average Bonchev–Trinajstić information content (AvgIpc) is 2.06. The molecule has 0 spiro atoms. The number of hydrogen-bond acceptors (Lipinski definition) is 3. The van der Waals surface area contributed by atoms with Gasteiger partial charge >= 0.3 is 0 Å². The zero-order chi connectivity index (χ0) is 8.81. The highest BCUT2D eigenvalue weighted by molar-refractivity contribution is 5.04. The van der Waals surface area contributed by atoms with Gasteiger partial charge in [-0.05, 0) is 19.2 Å². The summed E-state index contributed by atoms with van der Waals surface area (Å²) in [6, 6.07) is 5.71. The molecule has 0 fully saturated rings. The fourth-order valence-electron chi connectivity index (χ4n) is 1.07. The predicted octanol–water partition coefficient (Wildman–Crippen LogP) is 0.204. The van der Waals surface area contributed by atoms with Crippen LogP contribution in [0.2, 0.25) is 0 Å². The lowest BCUT2D eigenvalue weighted by molar-refractivity contribution is 0.173. The van der Waals surface area contributed by atoms with E-state index in [-0.39, 0.29) is 6.10 Å². The van der Waals surface area contributed by atoms with Crippen molar-refractivity contribution in [1.82, 2.24) is 10.3 Å². The Kier molecular flexibility index (Phi) is 3.70. The molecule has 0 saturated carbocycles. The number of nitrogens with one attached hydrogen (secondary N) is 1. The van der Waals surface area contributed by atoms with E-state index in [4.69, 9.17) is 0 Å². The molecule has 0 aliphatic heterocycles. The molecule has 1 heterocycles.